The van der Waals surface area contributed by atoms with Crippen LogP contribution in [0.4, 0.5) is 30.2 Å². The number of anilines is 3. The molecule has 11 heteroatoms. The van der Waals surface area contributed by atoms with Gasteiger partial charge in [0.05, 0.1) is 35.9 Å². The first-order valence-electron chi connectivity index (χ1n) is 17.0. The Bertz CT molecular complexity index is 1810. The lowest BCUT2D eigenvalue weighted by Crippen LogP contribution is -2.49. The van der Waals surface area contributed by atoms with E-state index in [-0.39, 0.29) is 41.9 Å². The number of halogens is 3. The van der Waals surface area contributed by atoms with E-state index in [9.17, 15) is 27.9 Å². The Morgan fingerprint density at radius 1 is 0.980 bits per heavy atom. The van der Waals surface area contributed by atoms with E-state index in [1.165, 1.54) is 17.7 Å². The van der Waals surface area contributed by atoms with Crippen LogP contribution in [0.25, 0.3) is 0 Å². The molecule has 1 aliphatic rings. The number of benzene rings is 4. The highest BCUT2D eigenvalue weighted by Crippen LogP contribution is 2.35. The van der Waals surface area contributed by atoms with Gasteiger partial charge in [-0.2, -0.15) is 13.2 Å². The molecule has 4 aromatic carbocycles. The molecule has 270 valence electrons. The van der Waals surface area contributed by atoms with Crippen LogP contribution in [0.3, 0.4) is 0 Å². The van der Waals surface area contributed by atoms with Gasteiger partial charge in [-0.15, -0.1) is 0 Å². The summed E-state index contributed by atoms with van der Waals surface area (Å²) >= 11 is 0. The number of hydrogen-bond acceptors (Lipinski definition) is 6. The smallest absolute Gasteiger partial charge is 0.416 e. The lowest BCUT2D eigenvalue weighted by Gasteiger charge is -2.38. The Labute approximate surface area is 297 Å². The quantitative estimate of drug-likeness (QED) is 0.171. The number of aliphatic hydroxyl groups is 1. The highest BCUT2D eigenvalue weighted by molar-refractivity contribution is 6.02. The van der Waals surface area contributed by atoms with Crippen LogP contribution in [0.2, 0.25) is 0 Å². The molecule has 0 saturated carbocycles. The number of fused-ring (bicyclic) bond motifs is 1. The third-order valence-electron chi connectivity index (χ3n) is 9.27. The summed E-state index contributed by atoms with van der Waals surface area (Å²) in [5.74, 6) is -0.744. The van der Waals surface area contributed by atoms with Crippen molar-refractivity contribution in [1.29, 1.82) is 0 Å². The van der Waals surface area contributed by atoms with Gasteiger partial charge in [-0.25, -0.2) is 0 Å². The van der Waals surface area contributed by atoms with Crippen LogP contribution >= 0.6 is 0 Å². The molecule has 8 nitrogen and oxygen atoms in total. The summed E-state index contributed by atoms with van der Waals surface area (Å²) in [4.78, 5) is 32.9. The van der Waals surface area contributed by atoms with Crippen molar-refractivity contribution in [2.45, 2.75) is 52.1 Å². The standard InChI is InChI=1S/C40H45F3N4O4/c1-26-8-6-9-33(20-26)46(5)32-18-14-30(15-19-32)23-45(4)24-36-27(2)22-47(28(3)25-48)39(50)34-10-7-11-35(38(34)51-36)44-37(49)21-29-12-16-31(17-13-29)40(41,42)43/h6-20,27-28,36,48H,21-25H2,1-5H3,(H,44,49)/t27-,28+,36-/m1/s1. The predicted molar refractivity (Wildman–Crippen MR) is 193 cm³/mol. The van der Waals surface area contributed by atoms with Crippen LogP contribution in [0, 0.1) is 12.8 Å². The first-order valence-corrected chi connectivity index (χ1v) is 17.0. The van der Waals surface area contributed by atoms with Gasteiger partial charge < -0.3 is 25.0 Å². The van der Waals surface area contributed by atoms with Gasteiger partial charge in [0.1, 0.15) is 6.10 Å². The normalized spacial score (nSPS) is 16.9. The second kappa shape index (κ2) is 16.0. The van der Waals surface area contributed by atoms with E-state index in [0.29, 0.717) is 25.2 Å². The molecule has 51 heavy (non-hydrogen) atoms. The van der Waals surface area contributed by atoms with Crippen LogP contribution in [0.15, 0.2) is 91.0 Å². The average molecular weight is 703 g/mol. The van der Waals surface area contributed by atoms with Crippen molar-refractivity contribution in [3.63, 3.8) is 0 Å². The SMILES string of the molecule is Cc1cccc(N(C)c2ccc(CN(C)C[C@H]3Oc4c(NC(=O)Cc5ccc(C(F)(F)F)cc5)cccc4C(=O)N([C@@H](C)CO)C[C@H]3C)cc2)c1. The van der Waals surface area contributed by atoms with E-state index in [1.807, 2.05) is 27.1 Å². The Morgan fingerprint density at radius 2 is 1.65 bits per heavy atom. The topological polar surface area (TPSA) is 85.4 Å². The van der Waals surface area contributed by atoms with E-state index in [2.05, 4.69) is 64.5 Å². The number of aryl methyl sites for hydroxylation is 1. The van der Waals surface area contributed by atoms with Gasteiger partial charge in [0.25, 0.3) is 5.91 Å². The molecule has 0 aromatic heterocycles. The fourth-order valence-corrected chi connectivity index (χ4v) is 6.25. The summed E-state index contributed by atoms with van der Waals surface area (Å²) in [5, 5.41) is 12.9. The van der Waals surface area contributed by atoms with Crippen LogP contribution in [-0.4, -0.2) is 72.7 Å². The van der Waals surface area contributed by atoms with Gasteiger partial charge in [-0.05, 0) is 86.1 Å². The third kappa shape index (κ3) is 9.28. The summed E-state index contributed by atoms with van der Waals surface area (Å²) in [6.07, 6.45) is -5.06. The Hall–Kier alpha value is -4.87. The Morgan fingerprint density at radius 3 is 2.29 bits per heavy atom. The largest absolute Gasteiger partial charge is 0.486 e. The first kappa shape index (κ1) is 37.4. The maximum atomic E-state index is 13.8. The summed E-state index contributed by atoms with van der Waals surface area (Å²) in [7, 11) is 4.04. The number of ether oxygens (including phenoxy) is 1. The predicted octanol–water partition coefficient (Wildman–Crippen LogP) is 7.32. The third-order valence-corrected chi connectivity index (χ3v) is 9.27. The minimum absolute atomic E-state index is 0.153. The fourth-order valence-electron chi connectivity index (χ4n) is 6.25. The molecule has 2 N–H and O–H groups in total. The minimum atomic E-state index is -4.47. The van der Waals surface area contributed by atoms with Crippen molar-refractivity contribution in [3.8, 4) is 5.75 Å². The molecule has 0 unspecified atom stereocenters. The van der Waals surface area contributed by atoms with E-state index < -0.39 is 29.8 Å². The molecule has 2 amide bonds. The highest BCUT2D eigenvalue weighted by atomic mass is 19.4. The molecular weight excluding hydrogens is 657 g/mol. The number of nitrogens with zero attached hydrogens (tertiary/aromatic N) is 3. The number of para-hydroxylation sites is 1. The van der Waals surface area contributed by atoms with Gasteiger partial charge in [0.2, 0.25) is 5.91 Å². The number of alkyl halides is 3. The molecule has 0 aliphatic carbocycles. The van der Waals surface area contributed by atoms with Gasteiger partial charge in [-0.3, -0.25) is 14.5 Å². The van der Waals surface area contributed by atoms with Gasteiger partial charge in [0, 0.05) is 44.0 Å². The zero-order valence-corrected chi connectivity index (χ0v) is 29.6. The molecule has 0 saturated heterocycles. The van der Waals surface area contributed by atoms with Crippen molar-refractivity contribution in [1.82, 2.24) is 9.80 Å². The monoisotopic (exact) mass is 702 g/mol. The molecule has 0 spiro atoms. The Balaban J connectivity index is 1.34. The maximum Gasteiger partial charge on any atom is 0.416 e. The maximum absolute atomic E-state index is 13.8. The lowest BCUT2D eigenvalue weighted by atomic mass is 9.98. The van der Waals surface area contributed by atoms with Crippen molar-refractivity contribution >= 4 is 28.9 Å². The summed E-state index contributed by atoms with van der Waals surface area (Å²) < 4.78 is 45.7. The molecule has 0 fully saturated rings. The summed E-state index contributed by atoms with van der Waals surface area (Å²) in [6, 6.07) is 25.6. The molecular formula is C40H45F3N4O4. The van der Waals surface area contributed by atoms with Crippen LogP contribution in [0.1, 0.15) is 46.5 Å². The van der Waals surface area contributed by atoms with E-state index in [0.717, 1.165) is 29.1 Å². The minimum Gasteiger partial charge on any atom is -0.486 e. The molecule has 1 heterocycles. The van der Waals surface area contributed by atoms with Crippen LogP contribution < -0.4 is 15.0 Å². The van der Waals surface area contributed by atoms with Gasteiger partial charge in [0.15, 0.2) is 5.75 Å². The number of carbonyl (C=O) groups excluding carboxylic acids is 2. The number of amides is 2. The number of nitrogens with one attached hydrogen (secondary N) is 1. The molecule has 5 rings (SSSR count). The molecule has 3 atom stereocenters. The number of carbonyl (C=O) groups is 2. The van der Waals surface area contributed by atoms with Crippen molar-refractivity contribution in [3.05, 3.63) is 119 Å². The lowest BCUT2D eigenvalue weighted by molar-refractivity contribution is -0.137. The molecule has 1 aliphatic heterocycles. The van der Waals surface area contributed by atoms with E-state index in [1.54, 1.807) is 30.0 Å². The van der Waals surface area contributed by atoms with Crippen molar-refractivity contribution in [2.24, 2.45) is 5.92 Å². The van der Waals surface area contributed by atoms with Crippen molar-refractivity contribution < 1.29 is 32.6 Å². The average Bonchev–Trinajstić information content (AvgIpc) is 3.09. The van der Waals surface area contributed by atoms with Crippen LogP contribution in [0.5, 0.6) is 5.75 Å². The Kier molecular flexibility index (Phi) is 11.7. The fraction of sp³-hybridized carbons (Fsp3) is 0.350. The first-order chi connectivity index (χ1) is 24.2. The molecule has 0 bridgehead atoms. The molecule has 0 radical (unpaired) electrons. The number of hydrogen-bond donors (Lipinski definition) is 2. The van der Waals surface area contributed by atoms with E-state index >= 15 is 0 Å². The van der Waals surface area contributed by atoms with Crippen LogP contribution in [-0.2, 0) is 23.9 Å². The van der Waals surface area contributed by atoms with Gasteiger partial charge >= 0.3 is 6.18 Å². The second-order valence-corrected chi connectivity index (χ2v) is 13.5. The zero-order valence-electron chi connectivity index (χ0n) is 29.6. The second-order valence-electron chi connectivity index (χ2n) is 13.5. The van der Waals surface area contributed by atoms with E-state index in [4.69, 9.17) is 4.74 Å². The highest BCUT2D eigenvalue weighted by Gasteiger charge is 2.35. The number of aliphatic hydroxyl groups excluding tert-OH is 1. The van der Waals surface area contributed by atoms with Gasteiger partial charge in [-0.1, -0.05) is 49.4 Å². The molecule has 4 aromatic rings. The summed E-state index contributed by atoms with van der Waals surface area (Å²) in [5.41, 5.74) is 4.61. The number of rotatable bonds is 11. The summed E-state index contributed by atoms with van der Waals surface area (Å²) in [6.45, 7) is 7.10. The number of likely N-dealkylation sites (N-methyl/N-ethyl adjacent to an activating group) is 1. The zero-order chi connectivity index (χ0) is 36.9. The van der Waals surface area contributed by atoms with Crippen molar-refractivity contribution in [2.75, 3.05) is 44.0 Å².